The zero-order valence-electron chi connectivity index (χ0n) is 4.78. The number of hydrogen-bond acceptors (Lipinski definition) is 2. The second-order valence-electron chi connectivity index (χ2n) is 1.51. The van der Waals surface area contributed by atoms with Crippen molar-refractivity contribution in [1.82, 2.24) is 9.78 Å². The van der Waals surface area contributed by atoms with Crippen molar-refractivity contribution in [2.24, 2.45) is 0 Å². The van der Waals surface area contributed by atoms with Crippen LogP contribution in [0.25, 0.3) is 5.70 Å². The summed E-state index contributed by atoms with van der Waals surface area (Å²) in [6, 6.07) is 3.61. The Balaban J connectivity index is 2.93. The monoisotopic (exact) mass is 119 g/mol. The van der Waals surface area contributed by atoms with Crippen molar-refractivity contribution >= 4 is 5.70 Å². The molecule has 0 aliphatic heterocycles. The summed E-state index contributed by atoms with van der Waals surface area (Å²) in [5.41, 5.74) is 0.333. The van der Waals surface area contributed by atoms with Crippen molar-refractivity contribution < 1.29 is 0 Å². The Kier molecular flexibility index (Phi) is 1.32. The second kappa shape index (κ2) is 2.14. The highest BCUT2D eigenvalue weighted by molar-refractivity contribution is 5.55. The van der Waals surface area contributed by atoms with Gasteiger partial charge in [-0.1, -0.05) is 6.58 Å². The average Bonchev–Trinajstić information content (AvgIpc) is 2.37. The van der Waals surface area contributed by atoms with Crippen molar-refractivity contribution in [2.75, 3.05) is 0 Å². The van der Waals surface area contributed by atoms with Crippen molar-refractivity contribution in [1.29, 1.82) is 5.26 Å². The van der Waals surface area contributed by atoms with E-state index in [2.05, 4.69) is 11.7 Å². The first kappa shape index (κ1) is 5.57. The fourth-order valence-electron chi connectivity index (χ4n) is 0.480. The molecule has 1 rings (SSSR count). The average molecular weight is 119 g/mol. The molecule has 0 aromatic carbocycles. The predicted molar refractivity (Wildman–Crippen MR) is 33.2 cm³/mol. The Bertz CT molecular complexity index is 240. The van der Waals surface area contributed by atoms with E-state index in [4.69, 9.17) is 5.26 Å². The molecule has 0 bridgehead atoms. The van der Waals surface area contributed by atoms with Gasteiger partial charge in [-0.15, -0.1) is 0 Å². The summed E-state index contributed by atoms with van der Waals surface area (Å²) in [4.78, 5) is 0. The number of rotatable bonds is 1. The minimum absolute atomic E-state index is 0.333. The third-order valence-electron chi connectivity index (χ3n) is 0.910. The lowest BCUT2D eigenvalue weighted by molar-refractivity contribution is 0.915. The van der Waals surface area contributed by atoms with Gasteiger partial charge in [0.05, 0.1) is 0 Å². The zero-order chi connectivity index (χ0) is 6.69. The predicted octanol–water partition coefficient (Wildman–Crippen LogP) is 0.877. The molecule has 0 atom stereocenters. The maximum Gasteiger partial charge on any atom is 0.134 e. The Morgan fingerprint density at radius 1 is 1.78 bits per heavy atom. The van der Waals surface area contributed by atoms with Gasteiger partial charge in [0.15, 0.2) is 0 Å². The van der Waals surface area contributed by atoms with Gasteiger partial charge in [0.25, 0.3) is 0 Å². The van der Waals surface area contributed by atoms with Gasteiger partial charge in [-0.2, -0.15) is 10.4 Å². The molecule has 3 nitrogen and oxygen atoms in total. The molecule has 1 aromatic heterocycles. The first-order valence-electron chi connectivity index (χ1n) is 2.43. The lowest BCUT2D eigenvalue weighted by Crippen LogP contribution is -1.91. The lowest BCUT2D eigenvalue weighted by atomic mass is 10.5. The third kappa shape index (κ3) is 0.970. The molecule has 3 heteroatoms. The molecule has 0 spiro atoms. The van der Waals surface area contributed by atoms with Gasteiger partial charge in [-0.05, 0) is 6.07 Å². The normalized spacial score (nSPS) is 8.33. The van der Waals surface area contributed by atoms with Crippen LogP contribution in [0, 0.1) is 11.3 Å². The molecule has 44 valence electrons. The van der Waals surface area contributed by atoms with Crippen molar-refractivity contribution in [3.8, 4) is 6.07 Å². The van der Waals surface area contributed by atoms with Gasteiger partial charge in [-0.25, -0.2) is 4.68 Å². The van der Waals surface area contributed by atoms with Crippen LogP contribution in [0.2, 0.25) is 0 Å². The Morgan fingerprint density at radius 3 is 3.00 bits per heavy atom. The first-order chi connectivity index (χ1) is 4.34. The topological polar surface area (TPSA) is 41.6 Å². The molecule has 0 saturated heterocycles. The summed E-state index contributed by atoms with van der Waals surface area (Å²) in [6.45, 7) is 3.46. The number of nitriles is 1. The molecule has 0 aliphatic rings. The van der Waals surface area contributed by atoms with Gasteiger partial charge >= 0.3 is 0 Å². The van der Waals surface area contributed by atoms with Gasteiger partial charge in [-0.3, -0.25) is 0 Å². The highest BCUT2D eigenvalue weighted by Gasteiger charge is 1.90. The molecule has 0 radical (unpaired) electrons. The molecule has 9 heavy (non-hydrogen) atoms. The molecule has 1 aromatic rings. The summed E-state index contributed by atoms with van der Waals surface area (Å²) in [5.74, 6) is 0. The van der Waals surface area contributed by atoms with Gasteiger partial charge < -0.3 is 0 Å². The molecule has 1 heterocycles. The fraction of sp³-hybridized carbons (Fsp3) is 0. The number of nitrogens with zero attached hydrogens (tertiary/aromatic N) is 3. The SMILES string of the molecule is C=C(C#N)n1cccn1. The summed E-state index contributed by atoms with van der Waals surface area (Å²) < 4.78 is 1.42. The first-order valence-corrected chi connectivity index (χ1v) is 2.43. The van der Waals surface area contributed by atoms with Crippen LogP contribution in [-0.2, 0) is 0 Å². The highest BCUT2D eigenvalue weighted by Crippen LogP contribution is 1.94. The third-order valence-corrected chi connectivity index (χ3v) is 0.910. The zero-order valence-corrected chi connectivity index (χ0v) is 4.78. The van der Waals surface area contributed by atoms with E-state index in [9.17, 15) is 0 Å². The van der Waals surface area contributed by atoms with Gasteiger partial charge in [0, 0.05) is 12.4 Å². The van der Waals surface area contributed by atoms with E-state index >= 15 is 0 Å². The van der Waals surface area contributed by atoms with E-state index in [1.807, 2.05) is 6.07 Å². The maximum absolute atomic E-state index is 8.30. The Hall–Kier alpha value is -1.56. The molecule has 0 aliphatic carbocycles. The second-order valence-corrected chi connectivity index (χ2v) is 1.51. The highest BCUT2D eigenvalue weighted by atomic mass is 15.3. The molecule has 0 fully saturated rings. The summed E-state index contributed by atoms with van der Waals surface area (Å²) >= 11 is 0. The van der Waals surface area contributed by atoms with E-state index in [1.165, 1.54) is 4.68 Å². The van der Waals surface area contributed by atoms with Crippen LogP contribution in [0.15, 0.2) is 25.0 Å². The molecular weight excluding hydrogens is 114 g/mol. The van der Waals surface area contributed by atoms with E-state index in [-0.39, 0.29) is 0 Å². The van der Waals surface area contributed by atoms with Crippen LogP contribution in [-0.4, -0.2) is 9.78 Å². The Labute approximate surface area is 52.8 Å². The van der Waals surface area contributed by atoms with Crippen molar-refractivity contribution in [2.45, 2.75) is 0 Å². The van der Waals surface area contributed by atoms with Crippen LogP contribution < -0.4 is 0 Å². The summed E-state index contributed by atoms with van der Waals surface area (Å²) in [6.07, 6.45) is 3.27. The fourth-order valence-corrected chi connectivity index (χ4v) is 0.480. The van der Waals surface area contributed by atoms with Crippen LogP contribution in [0.4, 0.5) is 0 Å². The van der Waals surface area contributed by atoms with E-state index in [1.54, 1.807) is 18.5 Å². The summed E-state index contributed by atoms with van der Waals surface area (Å²) in [7, 11) is 0. The van der Waals surface area contributed by atoms with Crippen LogP contribution in [0.5, 0.6) is 0 Å². The van der Waals surface area contributed by atoms with Crippen LogP contribution in [0.3, 0.4) is 0 Å². The van der Waals surface area contributed by atoms with Crippen molar-refractivity contribution in [3.05, 3.63) is 25.0 Å². The molecular formula is C6H5N3. The molecule has 0 N–H and O–H groups in total. The van der Waals surface area contributed by atoms with E-state index in [0.717, 1.165) is 0 Å². The minimum Gasteiger partial charge on any atom is -0.231 e. The maximum atomic E-state index is 8.30. The summed E-state index contributed by atoms with van der Waals surface area (Å²) in [5, 5.41) is 12.1. The minimum atomic E-state index is 0.333. The van der Waals surface area contributed by atoms with E-state index < -0.39 is 0 Å². The molecule has 0 saturated carbocycles. The lowest BCUT2D eigenvalue weighted by Gasteiger charge is -1.90. The molecule has 0 amide bonds. The number of allylic oxidation sites excluding steroid dienone is 1. The standard InChI is InChI=1S/C6H5N3/c1-6(5-7)9-4-2-3-8-9/h2-4H,1H2. The van der Waals surface area contributed by atoms with Gasteiger partial charge in [0.2, 0.25) is 0 Å². The quantitative estimate of drug-likeness (QED) is 0.515. The largest absolute Gasteiger partial charge is 0.231 e. The number of aromatic nitrogens is 2. The van der Waals surface area contributed by atoms with Crippen LogP contribution >= 0.6 is 0 Å². The van der Waals surface area contributed by atoms with Gasteiger partial charge in [0.1, 0.15) is 11.8 Å². The van der Waals surface area contributed by atoms with Crippen molar-refractivity contribution in [3.63, 3.8) is 0 Å². The number of hydrogen-bond donors (Lipinski definition) is 0. The molecule has 0 unspecified atom stereocenters. The van der Waals surface area contributed by atoms with Crippen LogP contribution in [0.1, 0.15) is 0 Å². The Morgan fingerprint density at radius 2 is 2.56 bits per heavy atom. The van der Waals surface area contributed by atoms with E-state index in [0.29, 0.717) is 5.70 Å². The smallest absolute Gasteiger partial charge is 0.134 e.